The highest BCUT2D eigenvalue weighted by molar-refractivity contribution is 5.85. The second-order valence-electron chi connectivity index (χ2n) is 3.50. The van der Waals surface area contributed by atoms with Gasteiger partial charge in [0, 0.05) is 6.54 Å². The summed E-state index contributed by atoms with van der Waals surface area (Å²) in [5, 5.41) is 11.5. The maximum Gasteiger partial charge on any atom is 0.357 e. The number of oxazole rings is 1. The van der Waals surface area contributed by atoms with Gasteiger partial charge in [0.1, 0.15) is 6.26 Å². The van der Waals surface area contributed by atoms with Crippen molar-refractivity contribution in [3.05, 3.63) is 12.0 Å². The number of aromatic carboxylic acids is 1. The number of carboxylic acids is 1. The number of anilines is 1. The smallest absolute Gasteiger partial charge is 0.357 e. The van der Waals surface area contributed by atoms with Gasteiger partial charge in [0.05, 0.1) is 0 Å². The molecule has 0 spiro atoms. The number of aromatic nitrogens is 1. The van der Waals surface area contributed by atoms with Crippen LogP contribution in [0.3, 0.4) is 0 Å². The summed E-state index contributed by atoms with van der Waals surface area (Å²) < 4.78 is 4.93. The number of carboxylic acid groups (broad SMARTS) is 1. The summed E-state index contributed by atoms with van der Waals surface area (Å²) >= 11 is 0. The van der Waals surface area contributed by atoms with E-state index in [0.717, 1.165) is 25.1 Å². The molecule has 14 heavy (non-hydrogen) atoms. The number of nitrogens with one attached hydrogen (secondary N) is 1. The van der Waals surface area contributed by atoms with Crippen LogP contribution in [0.4, 0.5) is 6.01 Å². The number of carbonyl (C=O) groups is 1. The third-order valence-corrected chi connectivity index (χ3v) is 2.25. The van der Waals surface area contributed by atoms with Gasteiger partial charge in [-0.15, -0.1) is 0 Å². The van der Waals surface area contributed by atoms with Crippen LogP contribution in [0, 0.1) is 5.92 Å². The minimum Gasteiger partial charge on any atom is -0.476 e. The van der Waals surface area contributed by atoms with Gasteiger partial charge in [0.25, 0.3) is 6.01 Å². The number of hydrogen-bond acceptors (Lipinski definition) is 4. The minimum atomic E-state index is -1.07. The highest BCUT2D eigenvalue weighted by atomic mass is 16.4. The molecule has 5 heteroatoms. The Kier molecular flexibility index (Phi) is 2.39. The lowest BCUT2D eigenvalue weighted by molar-refractivity contribution is 0.0690. The Balaban J connectivity index is 1.79. The summed E-state index contributed by atoms with van der Waals surface area (Å²) in [6.07, 6.45) is 4.87. The van der Waals surface area contributed by atoms with Crippen molar-refractivity contribution in [1.29, 1.82) is 0 Å². The largest absolute Gasteiger partial charge is 0.476 e. The molecule has 0 aromatic carbocycles. The molecule has 76 valence electrons. The van der Waals surface area contributed by atoms with Crippen LogP contribution < -0.4 is 5.32 Å². The molecular formula is C9H12N2O3. The summed E-state index contributed by atoms with van der Waals surface area (Å²) in [7, 11) is 0. The van der Waals surface area contributed by atoms with Crippen LogP contribution in [0.2, 0.25) is 0 Å². The Morgan fingerprint density at radius 2 is 2.50 bits per heavy atom. The van der Waals surface area contributed by atoms with Crippen molar-refractivity contribution >= 4 is 12.0 Å². The lowest BCUT2D eigenvalue weighted by Gasteiger charge is -1.98. The average molecular weight is 196 g/mol. The maximum absolute atomic E-state index is 10.5. The molecule has 2 rings (SSSR count). The summed E-state index contributed by atoms with van der Waals surface area (Å²) in [6.45, 7) is 0.796. The Morgan fingerprint density at radius 3 is 3.07 bits per heavy atom. The highest BCUT2D eigenvalue weighted by Gasteiger charge is 2.20. The predicted octanol–water partition coefficient (Wildman–Crippen LogP) is 1.58. The molecule has 0 unspecified atom stereocenters. The zero-order valence-corrected chi connectivity index (χ0v) is 7.69. The molecule has 0 amide bonds. The van der Waals surface area contributed by atoms with Gasteiger partial charge in [0.2, 0.25) is 0 Å². The first kappa shape index (κ1) is 9.05. The van der Waals surface area contributed by atoms with Crippen molar-refractivity contribution in [2.24, 2.45) is 5.92 Å². The van der Waals surface area contributed by atoms with Crippen molar-refractivity contribution < 1.29 is 14.3 Å². The quantitative estimate of drug-likeness (QED) is 0.747. The molecule has 0 saturated heterocycles. The Hall–Kier alpha value is -1.52. The molecular weight excluding hydrogens is 184 g/mol. The van der Waals surface area contributed by atoms with Gasteiger partial charge < -0.3 is 14.8 Å². The zero-order chi connectivity index (χ0) is 9.97. The fourth-order valence-electron chi connectivity index (χ4n) is 1.24. The second kappa shape index (κ2) is 3.69. The molecule has 1 fully saturated rings. The molecule has 0 aliphatic heterocycles. The molecule has 0 bridgehead atoms. The molecule has 1 saturated carbocycles. The van der Waals surface area contributed by atoms with Crippen LogP contribution in [0.1, 0.15) is 29.8 Å². The van der Waals surface area contributed by atoms with Crippen molar-refractivity contribution in [1.82, 2.24) is 4.98 Å². The lowest BCUT2D eigenvalue weighted by atomic mass is 10.3. The predicted molar refractivity (Wildman–Crippen MR) is 49.3 cm³/mol. The van der Waals surface area contributed by atoms with Crippen LogP contribution in [0.5, 0.6) is 0 Å². The number of rotatable bonds is 5. The molecule has 1 heterocycles. The molecule has 1 aromatic rings. The number of hydrogen-bond donors (Lipinski definition) is 2. The summed E-state index contributed by atoms with van der Waals surface area (Å²) in [6, 6.07) is 0.294. The number of nitrogens with zero attached hydrogens (tertiary/aromatic N) is 1. The van der Waals surface area contributed by atoms with Crippen LogP contribution in [-0.2, 0) is 0 Å². The van der Waals surface area contributed by atoms with Crippen molar-refractivity contribution in [3.8, 4) is 0 Å². The Morgan fingerprint density at radius 1 is 1.71 bits per heavy atom. The monoisotopic (exact) mass is 196 g/mol. The average Bonchev–Trinajstić information content (AvgIpc) is 2.82. The van der Waals surface area contributed by atoms with Crippen molar-refractivity contribution in [2.45, 2.75) is 19.3 Å². The Bertz CT molecular complexity index is 331. The van der Waals surface area contributed by atoms with Gasteiger partial charge in [-0.2, -0.15) is 4.98 Å². The SMILES string of the molecule is O=C(O)c1coc(NCCC2CC2)n1. The third kappa shape index (κ3) is 2.25. The standard InChI is InChI=1S/C9H12N2O3/c12-8(13)7-5-14-9(11-7)10-4-3-6-1-2-6/h5-6H,1-4H2,(H,10,11)(H,12,13). The van der Waals surface area contributed by atoms with E-state index < -0.39 is 5.97 Å². The first-order chi connectivity index (χ1) is 6.75. The van der Waals surface area contributed by atoms with Gasteiger partial charge in [-0.05, 0) is 12.3 Å². The molecule has 1 aromatic heterocycles. The molecule has 1 aliphatic carbocycles. The van der Waals surface area contributed by atoms with Gasteiger partial charge in [-0.25, -0.2) is 4.79 Å². The third-order valence-electron chi connectivity index (χ3n) is 2.25. The summed E-state index contributed by atoms with van der Waals surface area (Å²) in [5.74, 6) is -0.222. The van der Waals surface area contributed by atoms with E-state index in [0.29, 0.717) is 6.01 Å². The maximum atomic E-state index is 10.5. The Labute approximate surface area is 81.1 Å². The van der Waals surface area contributed by atoms with E-state index >= 15 is 0 Å². The highest BCUT2D eigenvalue weighted by Crippen LogP contribution is 2.32. The van der Waals surface area contributed by atoms with Crippen LogP contribution >= 0.6 is 0 Å². The fourth-order valence-corrected chi connectivity index (χ4v) is 1.24. The van der Waals surface area contributed by atoms with E-state index in [-0.39, 0.29) is 5.69 Å². The fraction of sp³-hybridized carbons (Fsp3) is 0.556. The molecule has 2 N–H and O–H groups in total. The molecule has 0 atom stereocenters. The minimum absolute atomic E-state index is 0.0566. The lowest BCUT2D eigenvalue weighted by Crippen LogP contribution is -2.03. The van der Waals surface area contributed by atoms with Gasteiger partial charge in [0.15, 0.2) is 5.69 Å². The van der Waals surface area contributed by atoms with Crippen LogP contribution in [-0.4, -0.2) is 22.6 Å². The van der Waals surface area contributed by atoms with E-state index in [2.05, 4.69) is 10.3 Å². The van der Waals surface area contributed by atoms with Gasteiger partial charge in [-0.3, -0.25) is 0 Å². The first-order valence-corrected chi connectivity index (χ1v) is 4.68. The van der Waals surface area contributed by atoms with Crippen molar-refractivity contribution in [2.75, 3.05) is 11.9 Å². The van der Waals surface area contributed by atoms with Gasteiger partial charge >= 0.3 is 5.97 Å². The second-order valence-corrected chi connectivity index (χ2v) is 3.50. The van der Waals surface area contributed by atoms with Crippen LogP contribution in [0.15, 0.2) is 10.7 Å². The van der Waals surface area contributed by atoms with Crippen LogP contribution in [0.25, 0.3) is 0 Å². The van der Waals surface area contributed by atoms with E-state index in [1.165, 1.54) is 12.8 Å². The van der Waals surface area contributed by atoms with Crippen molar-refractivity contribution in [3.63, 3.8) is 0 Å². The first-order valence-electron chi connectivity index (χ1n) is 4.68. The molecule has 1 aliphatic rings. The molecule has 0 radical (unpaired) electrons. The normalized spacial score (nSPS) is 15.4. The topological polar surface area (TPSA) is 75.4 Å². The van der Waals surface area contributed by atoms with E-state index in [1.54, 1.807) is 0 Å². The summed E-state index contributed by atoms with van der Waals surface area (Å²) in [4.78, 5) is 14.2. The molecule has 5 nitrogen and oxygen atoms in total. The van der Waals surface area contributed by atoms with E-state index in [1.807, 2.05) is 0 Å². The summed E-state index contributed by atoms with van der Waals surface area (Å²) in [5.41, 5.74) is -0.0566. The zero-order valence-electron chi connectivity index (χ0n) is 7.69. The van der Waals surface area contributed by atoms with E-state index in [9.17, 15) is 4.79 Å². The van der Waals surface area contributed by atoms with Gasteiger partial charge in [-0.1, -0.05) is 12.8 Å². The van der Waals surface area contributed by atoms with E-state index in [4.69, 9.17) is 9.52 Å².